The lowest BCUT2D eigenvalue weighted by molar-refractivity contribution is 0.595. The van der Waals surface area contributed by atoms with Crippen molar-refractivity contribution in [3.63, 3.8) is 0 Å². The summed E-state index contributed by atoms with van der Waals surface area (Å²) in [7, 11) is -3.94. The Hall–Kier alpha value is -1.30. The number of sulfonamides is 1. The molecule has 0 atom stereocenters. The summed E-state index contributed by atoms with van der Waals surface area (Å²) in [6.45, 7) is 0. The molecule has 112 valence electrons. The first-order chi connectivity index (χ1) is 9.92. The maximum absolute atomic E-state index is 13.2. The molecule has 0 unspecified atom stereocenters. The summed E-state index contributed by atoms with van der Waals surface area (Å²) in [5, 5.41) is -0.0392. The summed E-state index contributed by atoms with van der Waals surface area (Å²) >= 11 is 11.4. The summed E-state index contributed by atoms with van der Waals surface area (Å²) in [6.07, 6.45) is 0.699. The van der Waals surface area contributed by atoms with Crippen molar-refractivity contribution in [1.29, 1.82) is 0 Å². The van der Waals surface area contributed by atoms with Crippen molar-refractivity contribution in [2.45, 2.75) is 11.3 Å². The molecular formula is C14H12Cl2FNO2S. The van der Waals surface area contributed by atoms with Crippen LogP contribution in [0.25, 0.3) is 0 Å². The van der Waals surface area contributed by atoms with E-state index in [1.54, 1.807) is 24.3 Å². The van der Waals surface area contributed by atoms with Crippen molar-refractivity contribution in [3.05, 3.63) is 58.9 Å². The highest BCUT2D eigenvalue weighted by molar-refractivity contribution is 7.92. The van der Waals surface area contributed by atoms with Gasteiger partial charge in [0.25, 0.3) is 10.0 Å². The molecule has 0 aliphatic carbocycles. The van der Waals surface area contributed by atoms with E-state index in [0.29, 0.717) is 18.0 Å². The standard InChI is InChI=1S/C14H12Cl2FNO2S/c15-8-7-10-1-4-12(5-2-10)18-21(19,20)14-9-11(17)3-6-13(14)16/h1-6,9,18H,7-8H2. The Bertz CT molecular complexity index is 733. The second kappa shape index (κ2) is 6.64. The molecule has 0 aromatic heterocycles. The molecule has 0 fully saturated rings. The Morgan fingerprint density at radius 3 is 2.38 bits per heavy atom. The molecule has 0 heterocycles. The average Bonchev–Trinajstić information content (AvgIpc) is 2.43. The van der Waals surface area contributed by atoms with Gasteiger partial charge < -0.3 is 0 Å². The topological polar surface area (TPSA) is 46.2 Å². The highest BCUT2D eigenvalue weighted by Gasteiger charge is 2.18. The van der Waals surface area contributed by atoms with Crippen LogP contribution < -0.4 is 4.72 Å². The summed E-state index contributed by atoms with van der Waals surface area (Å²) in [4.78, 5) is -0.297. The van der Waals surface area contributed by atoms with E-state index >= 15 is 0 Å². The van der Waals surface area contributed by atoms with Crippen molar-refractivity contribution < 1.29 is 12.8 Å². The van der Waals surface area contributed by atoms with E-state index in [-0.39, 0.29) is 9.92 Å². The number of benzene rings is 2. The Labute approximate surface area is 132 Å². The highest BCUT2D eigenvalue weighted by Crippen LogP contribution is 2.24. The van der Waals surface area contributed by atoms with Crippen LogP contribution in [0.3, 0.4) is 0 Å². The smallest absolute Gasteiger partial charge is 0.263 e. The fraction of sp³-hybridized carbons (Fsp3) is 0.143. The Morgan fingerprint density at radius 2 is 1.76 bits per heavy atom. The lowest BCUT2D eigenvalue weighted by atomic mass is 10.2. The van der Waals surface area contributed by atoms with Crippen LogP contribution in [0, 0.1) is 5.82 Å². The number of nitrogens with one attached hydrogen (secondary N) is 1. The van der Waals surface area contributed by atoms with E-state index in [2.05, 4.69) is 4.72 Å². The van der Waals surface area contributed by atoms with Gasteiger partial charge in [-0.25, -0.2) is 12.8 Å². The third-order valence-corrected chi connectivity index (χ3v) is 4.82. The maximum Gasteiger partial charge on any atom is 0.263 e. The summed E-state index contributed by atoms with van der Waals surface area (Å²) in [6, 6.07) is 9.96. The van der Waals surface area contributed by atoms with Crippen molar-refractivity contribution in [3.8, 4) is 0 Å². The van der Waals surface area contributed by atoms with Crippen LogP contribution in [0.4, 0.5) is 10.1 Å². The van der Waals surface area contributed by atoms with Gasteiger partial charge in [0.15, 0.2) is 0 Å². The molecule has 0 saturated heterocycles. The summed E-state index contributed by atoms with van der Waals surface area (Å²) < 4.78 is 40.0. The zero-order valence-corrected chi connectivity index (χ0v) is 13.1. The largest absolute Gasteiger partial charge is 0.280 e. The van der Waals surface area contributed by atoms with E-state index in [0.717, 1.165) is 17.7 Å². The summed E-state index contributed by atoms with van der Waals surface area (Å²) in [5.74, 6) is -0.179. The number of rotatable bonds is 5. The zero-order valence-electron chi connectivity index (χ0n) is 10.8. The molecule has 0 aliphatic heterocycles. The molecule has 0 amide bonds. The average molecular weight is 348 g/mol. The van der Waals surface area contributed by atoms with Crippen molar-refractivity contribution >= 4 is 38.9 Å². The van der Waals surface area contributed by atoms with Crippen LogP contribution >= 0.6 is 23.2 Å². The van der Waals surface area contributed by atoms with Gasteiger partial charge in [-0.15, -0.1) is 11.6 Å². The SMILES string of the molecule is O=S(=O)(Nc1ccc(CCCl)cc1)c1cc(F)ccc1Cl. The molecule has 21 heavy (non-hydrogen) atoms. The minimum absolute atomic E-state index is 0.0392. The molecule has 0 bridgehead atoms. The predicted molar refractivity (Wildman–Crippen MR) is 83.1 cm³/mol. The molecule has 2 aromatic carbocycles. The predicted octanol–water partition coefficient (Wildman–Crippen LogP) is 4.06. The molecule has 0 aliphatic rings. The monoisotopic (exact) mass is 347 g/mol. The van der Waals surface area contributed by atoms with Crippen LogP contribution in [-0.2, 0) is 16.4 Å². The number of alkyl halides is 1. The second-order valence-electron chi connectivity index (χ2n) is 4.32. The van der Waals surface area contributed by atoms with Gasteiger partial charge in [0.2, 0.25) is 0 Å². The van der Waals surface area contributed by atoms with Crippen LogP contribution in [0.15, 0.2) is 47.4 Å². The molecule has 3 nitrogen and oxygen atoms in total. The van der Waals surface area contributed by atoms with E-state index in [1.807, 2.05) is 0 Å². The first-order valence-corrected chi connectivity index (χ1v) is 8.45. The number of hydrogen-bond donors (Lipinski definition) is 1. The van der Waals surface area contributed by atoms with Crippen molar-refractivity contribution in [2.75, 3.05) is 10.6 Å². The van der Waals surface area contributed by atoms with Crippen LogP contribution in [0.1, 0.15) is 5.56 Å². The minimum Gasteiger partial charge on any atom is -0.280 e. The van der Waals surface area contributed by atoms with Gasteiger partial charge in [-0.2, -0.15) is 0 Å². The second-order valence-corrected chi connectivity index (χ2v) is 6.75. The van der Waals surface area contributed by atoms with Gasteiger partial charge in [-0.3, -0.25) is 4.72 Å². The quantitative estimate of drug-likeness (QED) is 0.829. The van der Waals surface area contributed by atoms with E-state index in [4.69, 9.17) is 23.2 Å². The van der Waals surface area contributed by atoms with E-state index in [9.17, 15) is 12.8 Å². The van der Waals surface area contributed by atoms with Crippen LogP contribution in [0.2, 0.25) is 5.02 Å². The Balaban J connectivity index is 2.26. The number of halogens is 3. The fourth-order valence-electron chi connectivity index (χ4n) is 1.74. The third-order valence-electron chi connectivity index (χ3n) is 2.77. The number of anilines is 1. The van der Waals surface area contributed by atoms with Gasteiger partial charge in [0, 0.05) is 11.6 Å². The first-order valence-electron chi connectivity index (χ1n) is 6.05. The molecule has 1 N–H and O–H groups in total. The molecule has 7 heteroatoms. The van der Waals surface area contributed by atoms with Gasteiger partial charge in [-0.1, -0.05) is 23.7 Å². The maximum atomic E-state index is 13.2. The normalized spacial score (nSPS) is 11.4. The Morgan fingerprint density at radius 1 is 1.10 bits per heavy atom. The van der Waals surface area contributed by atoms with Gasteiger partial charge in [0.05, 0.1) is 5.02 Å². The molecule has 2 rings (SSSR count). The first kappa shape index (κ1) is 16.1. The van der Waals surface area contributed by atoms with Crippen LogP contribution in [0.5, 0.6) is 0 Å². The van der Waals surface area contributed by atoms with Crippen molar-refractivity contribution in [1.82, 2.24) is 0 Å². The van der Waals surface area contributed by atoms with Crippen LogP contribution in [-0.4, -0.2) is 14.3 Å². The van der Waals surface area contributed by atoms with Gasteiger partial charge in [0.1, 0.15) is 10.7 Å². The Kier molecular flexibility index (Phi) is 5.08. The molecule has 2 aromatic rings. The summed E-state index contributed by atoms with van der Waals surface area (Å²) in [5.41, 5.74) is 1.37. The van der Waals surface area contributed by atoms with E-state index in [1.165, 1.54) is 6.07 Å². The zero-order chi connectivity index (χ0) is 15.5. The molecule has 0 saturated carbocycles. The van der Waals surface area contributed by atoms with E-state index < -0.39 is 15.8 Å². The molecule has 0 spiro atoms. The lowest BCUT2D eigenvalue weighted by Gasteiger charge is -2.10. The minimum atomic E-state index is -3.94. The highest BCUT2D eigenvalue weighted by atomic mass is 35.5. The molecular weight excluding hydrogens is 336 g/mol. The van der Waals surface area contributed by atoms with Gasteiger partial charge in [-0.05, 0) is 42.3 Å². The molecule has 0 radical (unpaired) electrons. The fourth-order valence-corrected chi connectivity index (χ4v) is 3.53. The number of aryl methyl sites for hydroxylation is 1. The van der Waals surface area contributed by atoms with Gasteiger partial charge >= 0.3 is 0 Å². The number of hydrogen-bond acceptors (Lipinski definition) is 2. The third kappa shape index (κ3) is 4.09. The lowest BCUT2D eigenvalue weighted by Crippen LogP contribution is -2.13. The van der Waals surface area contributed by atoms with Crippen molar-refractivity contribution in [2.24, 2.45) is 0 Å².